The largest absolute Gasteiger partial charge is 0.359 e. The summed E-state index contributed by atoms with van der Waals surface area (Å²) in [5.74, 6) is 1.39. The number of amides is 1. The number of halogens is 1. The lowest BCUT2D eigenvalue weighted by Gasteiger charge is -2.17. The molecule has 0 spiro atoms. The maximum absolute atomic E-state index is 14.3. The average molecular weight is 568 g/mol. The van der Waals surface area contributed by atoms with Crippen LogP contribution in [0.1, 0.15) is 154 Å². The van der Waals surface area contributed by atoms with E-state index >= 15 is 0 Å². The summed E-state index contributed by atoms with van der Waals surface area (Å²) in [5, 5.41) is 2.52. The molecule has 0 fully saturated rings. The van der Waals surface area contributed by atoms with Crippen molar-refractivity contribution < 1.29 is 14.0 Å². The Hall–Kier alpha value is -1.71. The van der Waals surface area contributed by atoms with Gasteiger partial charge in [0.1, 0.15) is 12.1 Å². The maximum atomic E-state index is 14.3. The van der Waals surface area contributed by atoms with E-state index in [2.05, 4.69) is 67.6 Å². The minimum atomic E-state index is -0.642. The van der Waals surface area contributed by atoms with E-state index in [9.17, 15) is 14.0 Å². The van der Waals surface area contributed by atoms with E-state index in [1.165, 1.54) is 64.5 Å². The van der Waals surface area contributed by atoms with Gasteiger partial charge in [0.25, 0.3) is 0 Å². The third-order valence-corrected chi connectivity index (χ3v) is 6.61. The minimum Gasteiger partial charge on any atom is -0.359 e. The Labute approximate surface area is 250 Å². The van der Waals surface area contributed by atoms with Crippen molar-refractivity contribution in [3.05, 3.63) is 34.7 Å². The molecule has 0 aliphatic carbocycles. The van der Waals surface area contributed by atoms with Crippen molar-refractivity contribution in [3.63, 3.8) is 0 Å². The molecule has 238 valence electrons. The summed E-state index contributed by atoms with van der Waals surface area (Å²) in [6, 6.07) is 0. The molecule has 0 radical (unpaired) electrons. The van der Waals surface area contributed by atoms with Crippen LogP contribution in [0.4, 0.5) is 4.39 Å². The molecular formula is C36H70FNO2. The van der Waals surface area contributed by atoms with Crippen LogP contribution in [0.2, 0.25) is 0 Å². The van der Waals surface area contributed by atoms with Gasteiger partial charge in [-0.1, -0.05) is 125 Å². The molecule has 0 heterocycles. The number of nitrogens with one attached hydrogen (secondary N) is 1. The number of hydrogen-bond acceptors (Lipinski definition) is 2. The van der Waals surface area contributed by atoms with E-state index in [1.807, 2.05) is 20.8 Å². The molecule has 0 rings (SSSR count). The van der Waals surface area contributed by atoms with Crippen LogP contribution >= 0.6 is 0 Å². The van der Waals surface area contributed by atoms with E-state index in [-0.39, 0.29) is 12.3 Å². The van der Waals surface area contributed by atoms with E-state index < -0.39 is 11.7 Å². The van der Waals surface area contributed by atoms with Gasteiger partial charge in [0.15, 0.2) is 0 Å². The Bertz CT molecular complexity index is 683. The molecular weight excluding hydrogens is 497 g/mol. The number of carbonyl (C=O) groups is 2. The Morgan fingerprint density at radius 3 is 1.57 bits per heavy atom. The van der Waals surface area contributed by atoms with Gasteiger partial charge in [0.2, 0.25) is 5.91 Å². The van der Waals surface area contributed by atoms with Crippen LogP contribution in [0.3, 0.4) is 0 Å². The summed E-state index contributed by atoms with van der Waals surface area (Å²) in [4.78, 5) is 22.4. The highest BCUT2D eigenvalue weighted by Gasteiger charge is 2.24. The van der Waals surface area contributed by atoms with Gasteiger partial charge in [-0.05, 0) is 69.1 Å². The fourth-order valence-corrected chi connectivity index (χ4v) is 3.59. The molecule has 2 atom stereocenters. The lowest BCUT2D eigenvalue weighted by Crippen LogP contribution is -2.29. The van der Waals surface area contributed by atoms with Crippen LogP contribution in [-0.4, -0.2) is 19.2 Å². The Morgan fingerprint density at radius 1 is 0.775 bits per heavy atom. The van der Waals surface area contributed by atoms with E-state index in [1.54, 1.807) is 13.0 Å². The lowest BCUT2D eigenvalue weighted by atomic mass is 9.91. The Morgan fingerprint density at radius 2 is 1.27 bits per heavy atom. The summed E-state index contributed by atoms with van der Waals surface area (Å²) in [6.45, 7) is 27.6. The van der Waals surface area contributed by atoms with Crippen molar-refractivity contribution >= 4 is 12.2 Å². The van der Waals surface area contributed by atoms with Gasteiger partial charge in [-0.15, -0.1) is 0 Å². The number of carbonyl (C=O) groups excluding carboxylic acids is 2. The monoisotopic (exact) mass is 568 g/mol. The first-order valence-corrected chi connectivity index (χ1v) is 16.1. The number of unbranched alkanes of at least 4 members (excludes halogenated alkanes) is 1. The van der Waals surface area contributed by atoms with Gasteiger partial charge in [0, 0.05) is 13.5 Å². The number of allylic oxidation sites excluding steroid dienone is 5. The second-order valence-electron chi connectivity index (χ2n) is 11.9. The summed E-state index contributed by atoms with van der Waals surface area (Å²) >= 11 is 0. The average Bonchev–Trinajstić information content (AvgIpc) is 2.90. The highest BCUT2D eigenvalue weighted by molar-refractivity contribution is 5.82. The van der Waals surface area contributed by atoms with Gasteiger partial charge in [-0.25, -0.2) is 4.39 Å². The minimum absolute atomic E-state index is 0.227. The highest BCUT2D eigenvalue weighted by atomic mass is 19.1. The van der Waals surface area contributed by atoms with Crippen LogP contribution in [0.15, 0.2) is 34.7 Å². The number of rotatable bonds is 15. The number of aldehydes is 1. The molecule has 0 aliphatic rings. The SMILES string of the molecule is C/C=C(\C(F)=C/C(C)=C(C)C)C(CCC=O)C(=O)NC.CCCC.CCCC(C)C.CCCC(C)CCC(C)C. The first kappa shape index (κ1) is 45.3. The number of hydrogen-bond donors (Lipinski definition) is 1. The van der Waals surface area contributed by atoms with Gasteiger partial charge < -0.3 is 10.1 Å². The quantitative estimate of drug-likeness (QED) is 0.158. The van der Waals surface area contributed by atoms with Crippen LogP contribution in [0.25, 0.3) is 0 Å². The van der Waals surface area contributed by atoms with Crippen LogP contribution in [0, 0.1) is 23.7 Å². The zero-order chi connectivity index (χ0) is 32.1. The Kier molecular flexibility index (Phi) is 36.0. The molecule has 1 N–H and O–H groups in total. The predicted octanol–water partition coefficient (Wildman–Crippen LogP) is 11.6. The molecule has 0 bridgehead atoms. The summed E-state index contributed by atoms with van der Waals surface area (Å²) in [7, 11) is 1.51. The van der Waals surface area contributed by atoms with Crippen molar-refractivity contribution in [1.82, 2.24) is 5.32 Å². The molecule has 0 aromatic heterocycles. The summed E-state index contributed by atoms with van der Waals surface area (Å²) in [5.41, 5.74) is 2.17. The first-order chi connectivity index (χ1) is 18.7. The second-order valence-corrected chi connectivity index (χ2v) is 11.9. The van der Waals surface area contributed by atoms with Gasteiger partial charge in [-0.3, -0.25) is 4.79 Å². The fourth-order valence-electron chi connectivity index (χ4n) is 3.59. The van der Waals surface area contributed by atoms with Crippen molar-refractivity contribution in [3.8, 4) is 0 Å². The van der Waals surface area contributed by atoms with Crippen LogP contribution < -0.4 is 5.32 Å². The third kappa shape index (κ3) is 30.8. The molecule has 0 aliphatic heterocycles. The highest BCUT2D eigenvalue weighted by Crippen LogP contribution is 2.27. The third-order valence-electron chi connectivity index (χ3n) is 6.61. The van der Waals surface area contributed by atoms with E-state index in [0.717, 1.165) is 35.2 Å². The normalized spacial score (nSPS) is 12.6. The second kappa shape index (κ2) is 31.8. The van der Waals surface area contributed by atoms with Crippen molar-refractivity contribution in [2.45, 2.75) is 154 Å². The summed E-state index contributed by atoms with van der Waals surface area (Å²) < 4.78 is 14.3. The topological polar surface area (TPSA) is 46.2 Å². The van der Waals surface area contributed by atoms with Crippen LogP contribution in [0.5, 0.6) is 0 Å². The molecule has 0 saturated carbocycles. The molecule has 0 aromatic carbocycles. The maximum Gasteiger partial charge on any atom is 0.227 e. The van der Waals surface area contributed by atoms with Gasteiger partial charge in [-0.2, -0.15) is 0 Å². The standard InChI is InChI=1S/C16H24FNO2.C10H22.C6H14.C4H10/c1-6-13(15(17)10-12(4)11(2)3)14(8-7-9-19)16(20)18-5;1-5-6-10(4)8-7-9(2)3;1-4-5-6(2)3;1-3-4-2/h6,9-10,14H,7-8H2,1-5H3,(H,18,20);9-10H,5-8H2,1-4H3;6H,4-5H2,1-3H3;3-4H2,1-2H3/b13-6-,15-10+;;;. The van der Waals surface area contributed by atoms with Crippen molar-refractivity contribution in [2.24, 2.45) is 23.7 Å². The zero-order valence-corrected chi connectivity index (χ0v) is 29.3. The van der Waals surface area contributed by atoms with Crippen molar-refractivity contribution in [2.75, 3.05) is 7.05 Å². The zero-order valence-electron chi connectivity index (χ0n) is 29.3. The molecule has 4 heteroatoms. The fraction of sp³-hybridized carbons (Fsp3) is 0.778. The van der Waals surface area contributed by atoms with Crippen LogP contribution in [-0.2, 0) is 9.59 Å². The van der Waals surface area contributed by atoms with Crippen molar-refractivity contribution in [1.29, 1.82) is 0 Å². The lowest BCUT2D eigenvalue weighted by molar-refractivity contribution is -0.123. The first-order valence-electron chi connectivity index (χ1n) is 16.1. The van der Waals surface area contributed by atoms with E-state index in [0.29, 0.717) is 12.0 Å². The molecule has 1 amide bonds. The van der Waals surface area contributed by atoms with Gasteiger partial charge in [0.05, 0.1) is 5.92 Å². The molecule has 0 saturated heterocycles. The summed E-state index contributed by atoms with van der Waals surface area (Å²) in [6.07, 6.45) is 15.2. The van der Waals surface area contributed by atoms with E-state index in [4.69, 9.17) is 0 Å². The Balaban J connectivity index is -0.000000266. The predicted molar refractivity (Wildman–Crippen MR) is 178 cm³/mol. The van der Waals surface area contributed by atoms with Gasteiger partial charge >= 0.3 is 0 Å². The molecule has 40 heavy (non-hydrogen) atoms. The molecule has 0 aromatic rings. The molecule has 3 nitrogen and oxygen atoms in total. The molecule has 2 unspecified atom stereocenters. The smallest absolute Gasteiger partial charge is 0.227 e.